The third-order valence-electron chi connectivity index (χ3n) is 12.7. The van der Waals surface area contributed by atoms with Crippen molar-refractivity contribution in [2.24, 2.45) is 46.8 Å². The third-order valence-corrected chi connectivity index (χ3v) is 12.7. The summed E-state index contributed by atoms with van der Waals surface area (Å²) in [5.74, 6) is 0.595. The molecule has 2 heterocycles. The average Bonchev–Trinajstić information content (AvgIpc) is 3.49. The van der Waals surface area contributed by atoms with Crippen LogP contribution in [-0.4, -0.2) is 90.3 Å². The molecule has 7 rings (SSSR count). The largest absolute Gasteiger partial charge is 0.486 e. The lowest BCUT2D eigenvalue weighted by molar-refractivity contribution is -0.353. The lowest BCUT2D eigenvalue weighted by Gasteiger charge is -2.62. The van der Waals surface area contributed by atoms with Gasteiger partial charge in [0.25, 0.3) is 0 Å². The number of halogens is 2. The Morgan fingerprint density at radius 2 is 1.84 bits per heavy atom. The fourth-order valence-corrected chi connectivity index (χ4v) is 10.3. The number of alkyl halides is 2. The fraction of sp³-hybridized carbons (Fsp3) is 0.969. The number of nitrogens with one attached hydrogen (secondary N) is 1. The first-order valence-electron chi connectivity index (χ1n) is 16.6. The molecular weight excluding hydrogens is 562 g/mol. The van der Waals surface area contributed by atoms with Gasteiger partial charge in [-0.05, 0) is 80.5 Å². The van der Waals surface area contributed by atoms with E-state index in [0.29, 0.717) is 36.1 Å². The summed E-state index contributed by atoms with van der Waals surface area (Å²) in [7, 11) is 1.67. The van der Waals surface area contributed by atoms with Gasteiger partial charge >= 0.3 is 6.29 Å². The van der Waals surface area contributed by atoms with E-state index in [1.165, 1.54) is 6.42 Å². The van der Waals surface area contributed by atoms with E-state index in [-0.39, 0.29) is 42.4 Å². The van der Waals surface area contributed by atoms with Gasteiger partial charge < -0.3 is 20.3 Å². The SMILES string of the molecule is COC1C(CN2O[C@@H](CO)[C@@H]([C@H](C)O)[C@H]2C(=O)N[C@H]2C[C@H]3C[C@H]([C@@H]2C)C3(C)C)CCCC1C1CCCC2OC(F)(F)OC21. The van der Waals surface area contributed by atoms with Gasteiger partial charge in [0, 0.05) is 31.5 Å². The van der Waals surface area contributed by atoms with Gasteiger partial charge in [-0.1, -0.05) is 33.6 Å². The normalized spacial score (nSPS) is 47.9. The Bertz CT molecular complexity index is 1020. The zero-order chi connectivity index (χ0) is 30.8. The molecule has 43 heavy (non-hydrogen) atoms. The van der Waals surface area contributed by atoms with E-state index in [0.717, 1.165) is 38.5 Å². The van der Waals surface area contributed by atoms with Crippen molar-refractivity contribution in [3.8, 4) is 0 Å². The van der Waals surface area contributed by atoms with Crippen molar-refractivity contribution in [3.05, 3.63) is 0 Å². The lowest BCUT2D eigenvalue weighted by Crippen LogP contribution is -2.62. The molecule has 246 valence electrons. The first kappa shape index (κ1) is 32.0. The minimum absolute atomic E-state index is 0.00305. The highest BCUT2D eigenvalue weighted by Gasteiger charge is 2.59. The van der Waals surface area contributed by atoms with Crippen LogP contribution in [0.5, 0.6) is 0 Å². The monoisotopic (exact) mass is 614 g/mol. The van der Waals surface area contributed by atoms with Gasteiger partial charge in [-0.3, -0.25) is 19.1 Å². The second-order valence-electron chi connectivity index (χ2n) is 15.1. The summed E-state index contributed by atoms with van der Waals surface area (Å²) in [5, 5.41) is 26.0. The molecule has 0 aromatic rings. The predicted molar refractivity (Wildman–Crippen MR) is 152 cm³/mol. The summed E-state index contributed by atoms with van der Waals surface area (Å²) in [4.78, 5) is 20.3. The summed E-state index contributed by atoms with van der Waals surface area (Å²) in [5.41, 5.74) is 0.296. The molecule has 0 aromatic heterocycles. The van der Waals surface area contributed by atoms with Crippen LogP contribution in [0.3, 0.4) is 0 Å². The number of hydrogen-bond donors (Lipinski definition) is 3. The Morgan fingerprint density at radius 3 is 2.49 bits per heavy atom. The van der Waals surface area contributed by atoms with Crippen LogP contribution in [0.15, 0.2) is 0 Å². The molecule has 0 radical (unpaired) electrons. The predicted octanol–water partition coefficient (Wildman–Crippen LogP) is 3.71. The number of methoxy groups -OCH3 is 1. The zero-order valence-electron chi connectivity index (χ0n) is 26.3. The Hall–Kier alpha value is -0.950. The highest BCUT2D eigenvalue weighted by molar-refractivity contribution is 5.82. The summed E-state index contributed by atoms with van der Waals surface area (Å²) < 4.78 is 44.4. The topological polar surface area (TPSA) is 110 Å². The van der Waals surface area contributed by atoms with Crippen molar-refractivity contribution in [1.29, 1.82) is 0 Å². The number of rotatable bonds is 8. The van der Waals surface area contributed by atoms with Crippen molar-refractivity contribution in [2.45, 2.75) is 128 Å². The van der Waals surface area contributed by atoms with Gasteiger partial charge in [0.2, 0.25) is 5.91 Å². The number of ether oxygens (including phenoxy) is 3. The van der Waals surface area contributed by atoms with Gasteiger partial charge in [-0.2, -0.15) is 5.06 Å². The quantitative estimate of drug-likeness (QED) is 0.380. The molecule has 11 heteroatoms. The molecule has 3 N–H and O–H groups in total. The molecule has 1 amide bonds. The van der Waals surface area contributed by atoms with Gasteiger partial charge in [0.15, 0.2) is 0 Å². The maximum atomic E-state index is 14.1. The number of carbonyl (C=O) groups excluding carboxylic acids is 1. The van der Waals surface area contributed by atoms with E-state index in [4.69, 9.17) is 19.0 Å². The fourth-order valence-electron chi connectivity index (χ4n) is 10.3. The van der Waals surface area contributed by atoms with E-state index < -0.39 is 42.7 Å². The van der Waals surface area contributed by atoms with Crippen molar-refractivity contribution < 1.29 is 42.8 Å². The number of nitrogens with zero attached hydrogens (tertiary/aromatic N) is 1. The molecule has 0 spiro atoms. The Labute approximate surface area is 254 Å². The molecule has 14 atom stereocenters. The maximum Gasteiger partial charge on any atom is 0.486 e. The molecule has 7 aliphatic rings. The Balaban J connectivity index is 1.19. The van der Waals surface area contributed by atoms with E-state index >= 15 is 0 Å². The van der Waals surface area contributed by atoms with Crippen LogP contribution in [0, 0.1) is 46.8 Å². The molecule has 9 nitrogen and oxygen atoms in total. The summed E-state index contributed by atoms with van der Waals surface area (Å²) in [6, 6.07) is -0.705. The third kappa shape index (κ3) is 5.67. The lowest BCUT2D eigenvalue weighted by atomic mass is 9.45. The second kappa shape index (κ2) is 12.0. The number of aliphatic hydroxyl groups excluding tert-OH is 2. The van der Waals surface area contributed by atoms with Crippen molar-refractivity contribution >= 4 is 5.91 Å². The highest BCUT2D eigenvalue weighted by atomic mass is 19.3. The first-order valence-corrected chi connectivity index (χ1v) is 16.6. The van der Waals surface area contributed by atoms with E-state index in [1.807, 2.05) is 0 Å². The van der Waals surface area contributed by atoms with Crippen molar-refractivity contribution in [2.75, 3.05) is 20.3 Å². The van der Waals surface area contributed by atoms with Crippen molar-refractivity contribution in [3.63, 3.8) is 0 Å². The summed E-state index contributed by atoms with van der Waals surface area (Å²) in [6.07, 6.45) is 0.199. The van der Waals surface area contributed by atoms with Gasteiger partial charge in [-0.15, -0.1) is 8.78 Å². The van der Waals surface area contributed by atoms with Gasteiger partial charge in [-0.25, -0.2) is 0 Å². The van der Waals surface area contributed by atoms with Gasteiger partial charge in [0.05, 0.1) is 31.0 Å². The second-order valence-corrected chi connectivity index (χ2v) is 15.1. The number of hydroxylamine groups is 2. The van der Waals surface area contributed by atoms with E-state index in [2.05, 4.69) is 26.1 Å². The molecule has 2 saturated heterocycles. The molecule has 0 aromatic carbocycles. The van der Waals surface area contributed by atoms with Crippen LogP contribution in [0.25, 0.3) is 0 Å². The summed E-state index contributed by atoms with van der Waals surface area (Å²) in [6.45, 7) is 8.60. The Morgan fingerprint density at radius 1 is 1.12 bits per heavy atom. The molecule has 2 aliphatic heterocycles. The Kier molecular flexibility index (Phi) is 8.94. The number of carbonyl (C=O) groups is 1. The molecule has 7 fully saturated rings. The van der Waals surface area contributed by atoms with Crippen LogP contribution in [-0.2, 0) is 23.8 Å². The van der Waals surface area contributed by atoms with Crippen LogP contribution in [0.4, 0.5) is 8.78 Å². The molecule has 2 bridgehead atoms. The maximum absolute atomic E-state index is 14.1. The molecule has 5 aliphatic carbocycles. The van der Waals surface area contributed by atoms with Crippen LogP contribution >= 0.6 is 0 Å². The smallest absolute Gasteiger partial charge is 0.394 e. The van der Waals surface area contributed by atoms with Gasteiger partial charge in [0.1, 0.15) is 12.1 Å². The minimum Gasteiger partial charge on any atom is -0.394 e. The highest BCUT2D eigenvalue weighted by Crippen LogP contribution is 2.61. The first-order chi connectivity index (χ1) is 20.4. The number of amides is 1. The number of aliphatic hydroxyl groups is 2. The van der Waals surface area contributed by atoms with Crippen molar-refractivity contribution in [1.82, 2.24) is 10.4 Å². The average molecular weight is 615 g/mol. The summed E-state index contributed by atoms with van der Waals surface area (Å²) >= 11 is 0. The van der Waals surface area contributed by atoms with E-state index in [1.54, 1.807) is 19.1 Å². The molecule has 5 saturated carbocycles. The zero-order valence-corrected chi connectivity index (χ0v) is 26.3. The van der Waals surface area contributed by atoms with E-state index in [9.17, 15) is 23.8 Å². The van der Waals surface area contributed by atoms with Crippen LogP contribution < -0.4 is 5.32 Å². The minimum atomic E-state index is -3.56. The van der Waals surface area contributed by atoms with Crippen LogP contribution in [0.1, 0.15) is 79.1 Å². The number of fused-ring (bicyclic) bond motifs is 3. The van der Waals surface area contributed by atoms with Crippen LogP contribution in [0.2, 0.25) is 0 Å². The molecular formula is C32H52F2N2O7. The number of hydrogen-bond acceptors (Lipinski definition) is 8. The standard InChI is InChI=1S/C32H52F2N2O7/c1-16-22-12-19(31(22,3)4)13-23(16)35-30(39)27-26(17(2)38)25(15-37)43-36(27)14-18-8-6-9-20(28(18)40-5)21-10-7-11-24-29(21)42-32(33,34)41-24/h16-29,37-38H,6-15H2,1-5H3,(H,35,39)/t16-,17-,18?,19+,20?,21?,22+,23-,24?,25-,26+,27-,28?,29?/m0/s1. The molecule has 6 unspecified atom stereocenters.